The van der Waals surface area contributed by atoms with E-state index in [1.54, 1.807) is 23.5 Å². The predicted molar refractivity (Wildman–Crippen MR) is 67.0 cm³/mol. The van der Waals surface area contributed by atoms with Crippen LogP contribution in [0.4, 0.5) is 5.69 Å². The first-order valence-electron chi connectivity index (χ1n) is 4.78. The molecular formula is C11H13NOS2. The summed E-state index contributed by atoms with van der Waals surface area (Å²) >= 11 is 3.47. The van der Waals surface area contributed by atoms with Gasteiger partial charge in [-0.3, -0.25) is 4.79 Å². The Bertz CT molecular complexity index is 392. The molecule has 0 saturated carbocycles. The summed E-state index contributed by atoms with van der Waals surface area (Å²) in [6.07, 6.45) is 4.83. The van der Waals surface area contributed by atoms with Gasteiger partial charge in [-0.05, 0) is 30.7 Å². The Morgan fingerprint density at radius 2 is 1.93 bits per heavy atom. The van der Waals surface area contributed by atoms with Crippen molar-refractivity contribution >= 4 is 35.1 Å². The molecular weight excluding hydrogens is 226 g/mol. The highest BCUT2D eigenvalue weighted by Gasteiger charge is 2.25. The van der Waals surface area contributed by atoms with E-state index in [-0.39, 0.29) is 5.91 Å². The molecule has 2 nitrogen and oxygen atoms in total. The molecule has 80 valence electrons. The number of amides is 1. The van der Waals surface area contributed by atoms with Crippen molar-refractivity contribution in [1.29, 1.82) is 0 Å². The van der Waals surface area contributed by atoms with Gasteiger partial charge in [-0.25, -0.2) is 0 Å². The topological polar surface area (TPSA) is 20.3 Å². The van der Waals surface area contributed by atoms with E-state index in [4.69, 9.17) is 0 Å². The van der Waals surface area contributed by atoms with Crippen molar-refractivity contribution in [2.24, 2.45) is 0 Å². The van der Waals surface area contributed by atoms with Crippen molar-refractivity contribution in [3.8, 4) is 0 Å². The number of hydrogen-bond acceptors (Lipinski definition) is 3. The lowest BCUT2D eigenvalue weighted by atomic mass is 10.1. The molecule has 0 spiro atoms. The van der Waals surface area contributed by atoms with Crippen LogP contribution in [0.25, 0.3) is 0 Å². The maximum absolute atomic E-state index is 11.3. The number of hydrogen-bond donors (Lipinski definition) is 0. The van der Waals surface area contributed by atoms with Crippen LogP contribution in [0.5, 0.6) is 0 Å². The molecule has 0 aromatic heterocycles. The summed E-state index contributed by atoms with van der Waals surface area (Å²) in [5.41, 5.74) is 1.04. The summed E-state index contributed by atoms with van der Waals surface area (Å²) in [5.74, 6) is 0.235. The molecule has 0 radical (unpaired) electrons. The average Bonchev–Trinajstić information content (AvgIpc) is 2.26. The highest BCUT2D eigenvalue weighted by Crippen LogP contribution is 2.33. The summed E-state index contributed by atoms with van der Waals surface area (Å²) in [4.78, 5) is 15.7. The fourth-order valence-corrected chi connectivity index (χ4v) is 3.05. The SMILES string of the molecule is CSc1ccc(N2CCC2=O)cc1SC. The van der Waals surface area contributed by atoms with Gasteiger partial charge in [0.05, 0.1) is 0 Å². The van der Waals surface area contributed by atoms with E-state index in [9.17, 15) is 4.79 Å². The van der Waals surface area contributed by atoms with E-state index in [0.29, 0.717) is 6.42 Å². The van der Waals surface area contributed by atoms with E-state index >= 15 is 0 Å². The first kappa shape index (κ1) is 10.9. The first-order chi connectivity index (χ1) is 7.26. The van der Waals surface area contributed by atoms with Gasteiger partial charge in [0.2, 0.25) is 5.91 Å². The molecule has 0 unspecified atom stereocenters. The van der Waals surface area contributed by atoms with Gasteiger partial charge < -0.3 is 4.90 Å². The van der Waals surface area contributed by atoms with Crippen molar-refractivity contribution in [3.05, 3.63) is 18.2 Å². The highest BCUT2D eigenvalue weighted by atomic mass is 32.2. The van der Waals surface area contributed by atoms with Crippen LogP contribution in [0, 0.1) is 0 Å². The number of nitrogens with zero attached hydrogens (tertiary/aromatic N) is 1. The number of thioether (sulfide) groups is 2. The monoisotopic (exact) mass is 239 g/mol. The third-order valence-corrected chi connectivity index (χ3v) is 4.23. The molecule has 0 aliphatic carbocycles. The minimum absolute atomic E-state index is 0.235. The zero-order chi connectivity index (χ0) is 10.8. The second-order valence-electron chi connectivity index (χ2n) is 3.33. The van der Waals surface area contributed by atoms with Gasteiger partial charge in [-0.15, -0.1) is 23.5 Å². The van der Waals surface area contributed by atoms with Crippen LogP contribution in [-0.2, 0) is 4.79 Å². The largest absolute Gasteiger partial charge is 0.312 e. The van der Waals surface area contributed by atoms with Crippen LogP contribution in [0.3, 0.4) is 0 Å². The standard InChI is InChI=1S/C11H13NOS2/c1-14-9-4-3-8(7-10(9)15-2)12-6-5-11(12)13/h3-4,7H,5-6H2,1-2H3. The zero-order valence-electron chi connectivity index (χ0n) is 8.82. The fourth-order valence-electron chi connectivity index (χ4n) is 1.58. The van der Waals surface area contributed by atoms with Crippen LogP contribution in [-0.4, -0.2) is 25.0 Å². The number of carbonyl (C=O) groups is 1. The Morgan fingerprint density at radius 3 is 2.40 bits per heavy atom. The molecule has 1 fully saturated rings. The van der Waals surface area contributed by atoms with E-state index < -0.39 is 0 Å². The molecule has 0 atom stereocenters. The Labute approximate surface area is 98.4 Å². The molecule has 1 heterocycles. The molecule has 0 bridgehead atoms. The fraction of sp³-hybridized carbons (Fsp3) is 0.364. The van der Waals surface area contributed by atoms with Crippen LogP contribution in [0.2, 0.25) is 0 Å². The van der Waals surface area contributed by atoms with Gasteiger partial charge in [0.25, 0.3) is 0 Å². The molecule has 1 aliphatic heterocycles. The lowest BCUT2D eigenvalue weighted by molar-refractivity contribution is -0.122. The van der Waals surface area contributed by atoms with E-state index in [1.807, 2.05) is 11.0 Å². The van der Waals surface area contributed by atoms with Crippen molar-refractivity contribution in [3.63, 3.8) is 0 Å². The number of anilines is 1. The van der Waals surface area contributed by atoms with E-state index in [0.717, 1.165) is 12.2 Å². The van der Waals surface area contributed by atoms with Crippen molar-refractivity contribution in [2.45, 2.75) is 16.2 Å². The maximum atomic E-state index is 11.3. The van der Waals surface area contributed by atoms with Crippen LogP contribution in [0.15, 0.2) is 28.0 Å². The number of rotatable bonds is 3. The molecule has 1 amide bonds. The molecule has 2 rings (SSSR count). The summed E-state index contributed by atoms with van der Waals surface area (Å²) in [6.45, 7) is 0.866. The van der Waals surface area contributed by atoms with Crippen molar-refractivity contribution in [2.75, 3.05) is 24.0 Å². The first-order valence-corrected chi connectivity index (χ1v) is 7.23. The third-order valence-electron chi connectivity index (χ3n) is 2.53. The summed E-state index contributed by atoms with van der Waals surface area (Å²) in [6, 6.07) is 6.23. The van der Waals surface area contributed by atoms with Crippen LogP contribution in [0.1, 0.15) is 6.42 Å². The lowest BCUT2D eigenvalue weighted by Gasteiger charge is -2.31. The Kier molecular flexibility index (Phi) is 3.26. The third kappa shape index (κ3) is 2.01. The lowest BCUT2D eigenvalue weighted by Crippen LogP contribution is -2.43. The second kappa shape index (κ2) is 4.49. The Hall–Kier alpha value is -0.610. The average molecular weight is 239 g/mol. The predicted octanol–water partition coefficient (Wildman–Crippen LogP) is 2.87. The van der Waals surface area contributed by atoms with Gasteiger partial charge in [0.15, 0.2) is 0 Å². The van der Waals surface area contributed by atoms with E-state index in [1.165, 1.54) is 9.79 Å². The minimum Gasteiger partial charge on any atom is -0.312 e. The molecule has 4 heteroatoms. The van der Waals surface area contributed by atoms with Gasteiger partial charge in [0, 0.05) is 28.4 Å². The number of carbonyl (C=O) groups excluding carboxylic acids is 1. The molecule has 1 saturated heterocycles. The van der Waals surface area contributed by atoms with Crippen molar-refractivity contribution < 1.29 is 4.79 Å². The minimum atomic E-state index is 0.235. The molecule has 1 aliphatic rings. The van der Waals surface area contributed by atoms with Gasteiger partial charge in [0.1, 0.15) is 0 Å². The van der Waals surface area contributed by atoms with E-state index in [2.05, 4.69) is 24.6 Å². The molecule has 1 aromatic carbocycles. The van der Waals surface area contributed by atoms with Crippen molar-refractivity contribution in [1.82, 2.24) is 0 Å². The smallest absolute Gasteiger partial charge is 0.228 e. The second-order valence-corrected chi connectivity index (χ2v) is 5.03. The summed E-state index contributed by atoms with van der Waals surface area (Å²) < 4.78 is 0. The van der Waals surface area contributed by atoms with Gasteiger partial charge in [-0.1, -0.05) is 0 Å². The normalized spacial score (nSPS) is 15.3. The Morgan fingerprint density at radius 1 is 1.20 bits per heavy atom. The summed E-state index contributed by atoms with van der Waals surface area (Å²) in [7, 11) is 0. The van der Waals surface area contributed by atoms with Crippen LogP contribution < -0.4 is 4.90 Å². The van der Waals surface area contributed by atoms with Gasteiger partial charge >= 0.3 is 0 Å². The molecule has 0 N–H and O–H groups in total. The number of β-lactam (4-membered cyclic amide) rings is 1. The summed E-state index contributed by atoms with van der Waals surface area (Å²) in [5, 5.41) is 0. The molecule has 15 heavy (non-hydrogen) atoms. The maximum Gasteiger partial charge on any atom is 0.228 e. The highest BCUT2D eigenvalue weighted by molar-refractivity contribution is 8.01. The Balaban J connectivity index is 2.30. The zero-order valence-corrected chi connectivity index (χ0v) is 10.5. The quantitative estimate of drug-likeness (QED) is 0.597. The molecule has 1 aromatic rings. The van der Waals surface area contributed by atoms with Gasteiger partial charge in [-0.2, -0.15) is 0 Å². The number of benzene rings is 1. The van der Waals surface area contributed by atoms with Crippen LogP contribution >= 0.6 is 23.5 Å².